The molecule has 124 valence electrons. The van der Waals surface area contributed by atoms with Gasteiger partial charge in [-0.25, -0.2) is 4.98 Å². The summed E-state index contributed by atoms with van der Waals surface area (Å²) in [6.07, 6.45) is 4.28. The molecule has 3 rings (SSSR count). The molecule has 0 aliphatic carbocycles. The molecule has 23 heavy (non-hydrogen) atoms. The van der Waals surface area contributed by atoms with Crippen LogP contribution in [0, 0.1) is 6.92 Å². The fourth-order valence-electron chi connectivity index (χ4n) is 2.99. The van der Waals surface area contributed by atoms with Crippen molar-refractivity contribution < 1.29 is 4.42 Å². The van der Waals surface area contributed by atoms with Gasteiger partial charge in [-0.1, -0.05) is 6.92 Å². The monoisotopic (exact) mass is 316 g/mol. The predicted octanol–water partition coefficient (Wildman–Crippen LogP) is 1.99. The molecular weight excluding hydrogens is 292 g/mol. The summed E-state index contributed by atoms with van der Waals surface area (Å²) < 4.78 is 5.70. The zero-order valence-electron chi connectivity index (χ0n) is 13.8. The Bertz CT molecular complexity index is 686. The summed E-state index contributed by atoms with van der Waals surface area (Å²) in [7, 11) is 0. The first-order valence-electron chi connectivity index (χ1n) is 8.21. The summed E-state index contributed by atoms with van der Waals surface area (Å²) in [6.45, 7) is 8.84. The molecule has 6 nitrogen and oxygen atoms in total. The summed E-state index contributed by atoms with van der Waals surface area (Å²) in [6, 6.07) is 4.10. The second-order valence-electron chi connectivity index (χ2n) is 6.21. The number of aromatic nitrogens is 2. The summed E-state index contributed by atoms with van der Waals surface area (Å²) >= 11 is 0. The van der Waals surface area contributed by atoms with Gasteiger partial charge in [-0.3, -0.25) is 9.69 Å². The van der Waals surface area contributed by atoms with Gasteiger partial charge in [0, 0.05) is 44.5 Å². The van der Waals surface area contributed by atoms with Crippen LogP contribution in [0.2, 0.25) is 0 Å². The van der Waals surface area contributed by atoms with E-state index in [0.29, 0.717) is 11.7 Å². The molecule has 1 saturated heterocycles. The fraction of sp³-hybridized carbons (Fsp3) is 0.529. The topological polar surface area (TPSA) is 65.4 Å². The van der Waals surface area contributed by atoms with E-state index in [0.717, 1.165) is 50.7 Å². The molecular formula is C17H24N4O2. The molecule has 2 aromatic rings. The highest BCUT2D eigenvalue weighted by molar-refractivity contribution is 5.35. The molecule has 0 radical (unpaired) electrons. The van der Waals surface area contributed by atoms with Gasteiger partial charge in [0.1, 0.15) is 11.5 Å². The van der Waals surface area contributed by atoms with Crippen LogP contribution in [-0.4, -0.2) is 47.6 Å². The molecule has 1 N–H and O–H groups in total. The van der Waals surface area contributed by atoms with Gasteiger partial charge in [-0.2, -0.15) is 0 Å². The van der Waals surface area contributed by atoms with Crippen LogP contribution in [0.1, 0.15) is 30.8 Å². The summed E-state index contributed by atoms with van der Waals surface area (Å²) in [4.78, 5) is 23.2. The largest absolute Gasteiger partial charge is 0.466 e. The number of aryl methyl sites for hydroxylation is 1. The Balaban J connectivity index is 1.48. The highest BCUT2D eigenvalue weighted by atomic mass is 16.3. The number of piperazine rings is 1. The maximum Gasteiger partial charge on any atom is 0.290 e. The van der Waals surface area contributed by atoms with E-state index in [4.69, 9.17) is 4.42 Å². The second kappa shape index (κ2) is 7.00. The third-order valence-electron chi connectivity index (χ3n) is 4.49. The maximum atomic E-state index is 11.8. The van der Waals surface area contributed by atoms with Crippen LogP contribution in [0.15, 0.2) is 33.7 Å². The molecule has 1 fully saturated rings. The lowest BCUT2D eigenvalue weighted by Crippen LogP contribution is -2.48. The number of nitrogens with one attached hydrogen (secondary N) is 1. The zero-order chi connectivity index (χ0) is 16.2. The lowest BCUT2D eigenvalue weighted by Gasteiger charge is -2.35. The van der Waals surface area contributed by atoms with E-state index in [1.165, 1.54) is 0 Å². The summed E-state index contributed by atoms with van der Waals surface area (Å²) in [5.74, 6) is 3.01. The number of hydrogen-bond acceptors (Lipinski definition) is 5. The first-order valence-corrected chi connectivity index (χ1v) is 8.21. The minimum absolute atomic E-state index is 0.109. The number of anilines is 1. The summed E-state index contributed by atoms with van der Waals surface area (Å²) in [5, 5.41) is 0. The summed E-state index contributed by atoms with van der Waals surface area (Å²) in [5.41, 5.74) is -0.109. The number of rotatable bonds is 5. The van der Waals surface area contributed by atoms with Gasteiger partial charge in [-0.15, -0.1) is 0 Å². The number of aromatic amines is 1. The van der Waals surface area contributed by atoms with E-state index in [-0.39, 0.29) is 5.56 Å². The Labute approximate surface area is 136 Å². The van der Waals surface area contributed by atoms with Gasteiger partial charge in [0.15, 0.2) is 5.82 Å². The Kier molecular flexibility index (Phi) is 4.81. The molecule has 0 spiro atoms. The molecule has 0 amide bonds. The van der Waals surface area contributed by atoms with E-state index in [2.05, 4.69) is 32.8 Å². The van der Waals surface area contributed by atoms with E-state index in [9.17, 15) is 4.79 Å². The van der Waals surface area contributed by atoms with Crippen molar-refractivity contribution in [3.8, 4) is 0 Å². The first kappa shape index (κ1) is 15.8. The third-order valence-corrected chi connectivity index (χ3v) is 4.49. The van der Waals surface area contributed by atoms with Crippen molar-refractivity contribution in [1.82, 2.24) is 14.9 Å². The van der Waals surface area contributed by atoms with Gasteiger partial charge in [0.2, 0.25) is 0 Å². The number of furan rings is 1. The lowest BCUT2D eigenvalue weighted by atomic mass is 10.0. The zero-order valence-corrected chi connectivity index (χ0v) is 13.8. The van der Waals surface area contributed by atoms with Gasteiger partial charge in [0.05, 0.1) is 0 Å². The highest BCUT2D eigenvalue weighted by Gasteiger charge is 2.20. The standard InChI is InChI=1S/C17H24N4O2/c1-13(15-4-3-14(2)23-15)5-8-20-9-11-21(12-10-20)16-17(22)19-7-6-18-16/h3-4,6-7,13H,5,8-12H2,1-2H3,(H,19,22)/t13-/m0/s1. The van der Waals surface area contributed by atoms with Crippen molar-refractivity contribution >= 4 is 5.82 Å². The molecule has 1 aliphatic rings. The maximum absolute atomic E-state index is 11.8. The van der Waals surface area contributed by atoms with Crippen molar-refractivity contribution in [3.05, 3.63) is 46.4 Å². The Morgan fingerprint density at radius 2 is 2.09 bits per heavy atom. The van der Waals surface area contributed by atoms with Crippen molar-refractivity contribution in [1.29, 1.82) is 0 Å². The van der Waals surface area contributed by atoms with Crippen molar-refractivity contribution in [3.63, 3.8) is 0 Å². The molecule has 0 unspecified atom stereocenters. The minimum Gasteiger partial charge on any atom is -0.466 e. The molecule has 0 aromatic carbocycles. The lowest BCUT2D eigenvalue weighted by molar-refractivity contribution is 0.245. The van der Waals surface area contributed by atoms with Crippen LogP contribution >= 0.6 is 0 Å². The van der Waals surface area contributed by atoms with E-state index < -0.39 is 0 Å². The molecule has 0 bridgehead atoms. The van der Waals surface area contributed by atoms with E-state index >= 15 is 0 Å². The van der Waals surface area contributed by atoms with Crippen molar-refractivity contribution in [2.24, 2.45) is 0 Å². The van der Waals surface area contributed by atoms with Gasteiger partial charge < -0.3 is 14.3 Å². The van der Waals surface area contributed by atoms with Crippen LogP contribution in [0.4, 0.5) is 5.82 Å². The van der Waals surface area contributed by atoms with Crippen LogP contribution in [0.25, 0.3) is 0 Å². The average molecular weight is 316 g/mol. The Hall–Kier alpha value is -2.08. The number of hydrogen-bond donors (Lipinski definition) is 1. The Morgan fingerprint density at radius 1 is 1.30 bits per heavy atom. The van der Waals surface area contributed by atoms with Crippen LogP contribution < -0.4 is 10.5 Å². The second-order valence-corrected chi connectivity index (χ2v) is 6.21. The van der Waals surface area contributed by atoms with Crippen molar-refractivity contribution in [2.75, 3.05) is 37.6 Å². The van der Waals surface area contributed by atoms with Gasteiger partial charge >= 0.3 is 0 Å². The predicted molar refractivity (Wildman–Crippen MR) is 90.0 cm³/mol. The average Bonchev–Trinajstić information content (AvgIpc) is 3.00. The first-order chi connectivity index (χ1) is 11.1. The SMILES string of the molecule is Cc1ccc([C@@H](C)CCN2CCN(c3ncc[nH]c3=O)CC2)o1. The molecule has 2 aromatic heterocycles. The minimum atomic E-state index is -0.109. The fourth-order valence-corrected chi connectivity index (χ4v) is 2.99. The quantitative estimate of drug-likeness (QED) is 0.914. The molecule has 6 heteroatoms. The third kappa shape index (κ3) is 3.82. The molecule has 1 atom stereocenters. The van der Waals surface area contributed by atoms with Crippen LogP contribution in [0.3, 0.4) is 0 Å². The molecule has 3 heterocycles. The van der Waals surface area contributed by atoms with Gasteiger partial charge in [0.25, 0.3) is 5.56 Å². The smallest absolute Gasteiger partial charge is 0.290 e. The number of nitrogens with zero attached hydrogens (tertiary/aromatic N) is 3. The van der Waals surface area contributed by atoms with Gasteiger partial charge in [-0.05, 0) is 32.0 Å². The normalized spacial score (nSPS) is 17.4. The van der Waals surface area contributed by atoms with Crippen LogP contribution in [0.5, 0.6) is 0 Å². The van der Waals surface area contributed by atoms with E-state index in [1.54, 1.807) is 12.4 Å². The molecule has 1 aliphatic heterocycles. The molecule has 0 saturated carbocycles. The number of H-pyrrole nitrogens is 1. The van der Waals surface area contributed by atoms with Crippen molar-refractivity contribution in [2.45, 2.75) is 26.2 Å². The Morgan fingerprint density at radius 3 is 2.74 bits per heavy atom. The van der Waals surface area contributed by atoms with E-state index in [1.807, 2.05) is 13.0 Å². The van der Waals surface area contributed by atoms with Crippen LogP contribution in [-0.2, 0) is 0 Å². The highest BCUT2D eigenvalue weighted by Crippen LogP contribution is 2.22.